The van der Waals surface area contributed by atoms with Crippen molar-refractivity contribution in [3.8, 4) is 0 Å². The van der Waals surface area contributed by atoms with Crippen LogP contribution < -0.4 is 5.43 Å². The molecule has 0 spiro atoms. The molecule has 3 nitrogen and oxygen atoms in total. The fraction of sp³-hybridized carbons (Fsp3) is 0.562. The molecule has 19 heavy (non-hydrogen) atoms. The van der Waals surface area contributed by atoms with Crippen molar-refractivity contribution >= 4 is 5.91 Å². The van der Waals surface area contributed by atoms with Crippen LogP contribution >= 0.6 is 0 Å². The Balaban J connectivity index is 1.97. The van der Waals surface area contributed by atoms with Gasteiger partial charge in [0, 0.05) is 13.1 Å². The van der Waals surface area contributed by atoms with E-state index in [-0.39, 0.29) is 5.91 Å². The van der Waals surface area contributed by atoms with Crippen LogP contribution in [0.15, 0.2) is 18.2 Å². The zero-order valence-corrected chi connectivity index (χ0v) is 12.0. The van der Waals surface area contributed by atoms with Gasteiger partial charge in [-0.1, -0.05) is 32.0 Å². The smallest absolute Gasteiger partial charge is 0.261 e. The molecule has 0 saturated heterocycles. The predicted molar refractivity (Wildman–Crippen MR) is 76.9 cm³/mol. The van der Waals surface area contributed by atoms with Crippen molar-refractivity contribution in [2.45, 2.75) is 46.0 Å². The number of amides is 1. The number of carbonyl (C=O) groups excluding carboxylic acids is 1. The van der Waals surface area contributed by atoms with Gasteiger partial charge in [-0.3, -0.25) is 4.79 Å². The highest BCUT2D eigenvalue weighted by Crippen LogP contribution is 2.22. The number of nitrogens with zero attached hydrogens (tertiary/aromatic N) is 2. The maximum Gasteiger partial charge on any atom is 0.261 e. The Bertz CT molecular complexity index is 438. The minimum Gasteiger partial charge on any atom is -0.271 e. The predicted octanol–water partition coefficient (Wildman–Crippen LogP) is 2.50. The van der Waals surface area contributed by atoms with Gasteiger partial charge in [-0.25, -0.2) is 0 Å². The molecule has 1 radical (unpaired) electrons. The Morgan fingerprint density at radius 2 is 1.84 bits per heavy atom. The Kier molecular flexibility index (Phi) is 4.97. The molecular formula is C16H23N2O. The van der Waals surface area contributed by atoms with Gasteiger partial charge in [0.1, 0.15) is 0 Å². The second-order valence-corrected chi connectivity index (χ2v) is 5.12. The molecule has 0 unspecified atom stereocenters. The summed E-state index contributed by atoms with van der Waals surface area (Å²) in [6, 6.07) is 6.47. The van der Waals surface area contributed by atoms with Gasteiger partial charge in [-0.15, -0.1) is 0 Å². The molecule has 0 bridgehead atoms. The van der Waals surface area contributed by atoms with Crippen LogP contribution in [0.2, 0.25) is 0 Å². The van der Waals surface area contributed by atoms with Crippen LogP contribution in [0, 0.1) is 0 Å². The second-order valence-electron chi connectivity index (χ2n) is 5.12. The van der Waals surface area contributed by atoms with E-state index in [9.17, 15) is 4.79 Å². The second kappa shape index (κ2) is 6.71. The summed E-state index contributed by atoms with van der Waals surface area (Å²) >= 11 is 0. The van der Waals surface area contributed by atoms with Crippen LogP contribution in [-0.2, 0) is 24.1 Å². The molecule has 103 valence electrons. The number of rotatable bonds is 5. The Morgan fingerprint density at radius 3 is 2.53 bits per heavy atom. The van der Waals surface area contributed by atoms with Crippen LogP contribution in [0.5, 0.6) is 0 Å². The number of benzene rings is 1. The molecule has 1 amide bonds. The summed E-state index contributed by atoms with van der Waals surface area (Å²) in [7, 11) is 0. The van der Waals surface area contributed by atoms with Gasteiger partial charge in [0.05, 0.1) is 6.42 Å². The number of hydrogen-bond acceptors (Lipinski definition) is 2. The molecule has 0 aliphatic heterocycles. The first kappa shape index (κ1) is 14.1. The van der Waals surface area contributed by atoms with Crippen LogP contribution in [-0.4, -0.2) is 24.0 Å². The third-order valence-electron chi connectivity index (χ3n) is 3.75. The first-order chi connectivity index (χ1) is 9.22. The lowest BCUT2D eigenvalue weighted by Crippen LogP contribution is -2.36. The van der Waals surface area contributed by atoms with Crippen LogP contribution in [0.1, 0.15) is 43.4 Å². The van der Waals surface area contributed by atoms with E-state index >= 15 is 0 Å². The molecule has 0 fully saturated rings. The van der Waals surface area contributed by atoms with Crippen molar-refractivity contribution in [3.63, 3.8) is 0 Å². The topological polar surface area (TPSA) is 34.4 Å². The molecule has 0 saturated carbocycles. The number of aryl methyl sites for hydroxylation is 2. The highest BCUT2D eigenvalue weighted by molar-refractivity contribution is 5.77. The summed E-state index contributed by atoms with van der Waals surface area (Å²) in [5.74, 6) is -0.0422. The molecule has 1 aliphatic rings. The molecule has 3 heteroatoms. The SMILES string of the molecule is CCN(CC)[N]C(=O)Cc1ccc2c(c1)CCCC2. The van der Waals surface area contributed by atoms with Crippen LogP contribution in [0.4, 0.5) is 0 Å². The van der Waals surface area contributed by atoms with Crippen molar-refractivity contribution in [1.29, 1.82) is 0 Å². The third-order valence-corrected chi connectivity index (χ3v) is 3.75. The lowest BCUT2D eigenvalue weighted by Gasteiger charge is -2.18. The van der Waals surface area contributed by atoms with Gasteiger partial charge < -0.3 is 0 Å². The summed E-state index contributed by atoms with van der Waals surface area (Å²) in [4.78, 5) is 11.9. The van der Waals surface area contributed by atoms with Gasteiger partial charge in [0.25, 0.3) is 5.91 Å². The summed E-state index contributed by atoms with van der Waals surface area (Å²) in [5, 5.41) is 1.81. The molecule has 0 heterocycles. The van der Waals surface area contributed by atoms with E-state index in [0.29, 0.717) is 6.42 Å². The number of hydrogen-bond donors (Lipinski definition) is 0. The number of fused-ring (bicyclic) bond motifs is 1. The van der Waals surface area contributed by atoms with Crippen LogP contribution in [0.3, 0.4) is 0 Å². The monoisotopic (exact) mass is 259 g/mol. The van der Waals surface area contributed by atoms with E-state index in [0.717, 1.165) is 25.1 Å². The van der Waals surface area contributed by atoms with Crippen molar-refractivity contribution in [2.24, 2.45) is 0 Å². The minimum absolute atomic E-state index is 0.0422. The standard InChI is InChI=1S/C16H23N2O/c1-3-18(4-2)17-16(19)12-13-9-10-14-7-5-6-8-15(14)11-13/h9-11H,3-8,12H2,1-2H3. The maximum atomic E-state index is 11.9. The Morgan fingerprint density at radius 1 is 1.16 bits per heavy atom. The molecule has 1 aliphatic carbocycles. The number of carbonyl (C=O) groups is 1. The largest absolute Gasteiger partial charge is 0.271 e. The first-order valence-corrected chi connectivity index (χ1v) is 7.33. The average Bonchev–Trinajstić information content (AvgIpc) is 2.44. The van der Waals surface area contributed by atoms with E-state index < -0.39 is 0 Å². The Labute approximate surface area is 116 Å². The molecule has 0 atom stereocenters. The summed E-state index contributed by atoms with van der Waals surface area (Å²) in [5.41, 5.74) is 8.11. The zero-order chi connectivity index (χ0) is 13.7. The van der Waals surface area contributed by atoms with Gasteiger partial charge in [-0.2, -0.15) is 10.4 Å². The van der Waals surface area contributed by atoms with Gasteiger partial charge in [0.15, 0.2) is 0 Å². The van der Waals surface area contributed by atoms with Crippen molar-refractivity contribution < 1.29 is 4.79 Å². The van der Waals surface area contributed by atoms with E-state index in [1.165, 1.54) is 30.4 Å². The average molecular weight is 259 g/mol. The third kappa shape index (κ3) is 3.80. The lowest BCUT2D eigenvalue weighted by molar-refractivity contribution is -0.125. The highest BCUT2D eigenvalue weighted by Gasteiger charge is 2.13. The van der Waals surface area contributed by atoms with Crippen molar-refractivity contribution in [2.75, 3.05) is 13.1 Å². The van der Waals surface area contributed by atoms with Crippen molar-refractivity contribution in [1.82, 2.24) is 10.4 Å². The zero-order valence-electron chi connectivity index (χ0n) is 12.0. The fourth-order valence-electron chi connectivity index (χ4n) is 2.63. The molecule has 1 aromatic carbocycles. The summed E-state index contributed by atoms with van der Waals surface area (Å²) in [6.45, 7) is 5.59. The molecule has 0 aromatic heterocycles. The van der Waals surface area contributed by atoms with Gasteiger partial charge in [-0.05, 0) is 42.4 Å². The van der Waals surface area contributed by atoms with Gasteiger partial charge >= 0.3 is 0 Å². The highest BCUT2D eigenvalue weighted by atomic mass is 16.2. The molecular weight excluding hydrogens is 236 g/mol. The van der Waals surface area contributed by atoms with E-state index in [4.69, 9.17) is 0 Å². The quantitative estimate of drug-likeness (QED) is 0.761. The minimum atomic E-state index is -0.0422. The van der Waals surface area contributed by atoms with E-state index in [1.807, 2.05) is 13.8 Å². The first-order valence-electron chi connectivity index (χ1n) is 7.33. The Hall–Kier alpha value is -1.35. The molecule has 0 N–H and O–H groups in total. The lowest BCUT2D eigenvalue weighted by atomic mass is 9.90. The molecule has 1 aromatic rings. The van der Waals surface area contributed by atoms with E-state index in [2.05, 4.69) is 23.6 Å². The van der Waals surface area contributed by atoms with Gasteiger partial charge in [0.2, 0.25) is 0 Å². The summed E-state index contributed by atoms with van der Waals surface area (Å²) < 4.78 is 0. The summed E-state index contributed by atoms with van der Waals surface area (Å²) in [6.07, 6.45) is 5.33. The fourth-order valence-corrected chi connectivity index (χ4v) is 2.63. The van der Waals surface area contributed by atoms with Crippen molar-refractivity contribution in [3.05, 3.63) is 34.9 Å². The normalized spacial score (nSPS) is 14.3. The maximum absolute atomic E-state index is 11.9. The van der Waals surface area contributed by atoms with Crippen LogP contribution in [0.25, 0.3) is 0 Å². The van der Waals surface area contributed by atoms with E-state index in [1.54, 1.807) is 5.01 Å². The molecule has 2 rings (SSSR count).